The molecule has 0 aliphatic carbocycles. The van der Waals surface area contributed by atoms with Gasteiger partial charge >= 0.3 is 5.97 Å². The summed E-state index contributed by atoms with van der Waals surface area (Å²) in [6.45, 7) is 9.61. The summed E-state index contributed by atoms with van der Waals surface area (Å²) in [5.41, 5.74) is 0.344. The number of carbonyl (C=O) groups excluding carboxylic acids is 5. The maximum Gasteiger partial charge on any atom is 0.306 e. The summed E-state index contributed by atoms with van der Waals surface area (Å²) in [5, 5.41) is 8.33. The maximum absolute atomic E-state index is 13.9. The Hall–Kier alpha value is -3.71. The Labute approximate surface area is 299 Å². The number of nitrogens with one attached hydrogen (secondary N) is 3. The highest BCUT2D eigenvalue weighted by molar-refractivity contribution is 8.23. The highest BCUT2D eigenvalue weighted by Gasteiger charge is 2.42. The van der Waals surface area contributed by atoms with Crippen molar-refractivity contribution in [1.29, 1.82) is 0 Å². The van der Waals surface area contributed by atoms with Crippen molar-refractivity contribution in [3.8, 4) is 0 Å². The van der Waals surface area contributed by atoms with Gasteiger partial charge in [0.15, 0.2) is 0 Å². The summed E-state index contributed by atoms with van der Waals surface area (Å²) < 4.78 is 11.3. The molecule has 0 radical (unpaired) electrons. The van der Waals surface area contributed by atoms with E-state index < -0.39 is 41.4 Å². The Morgan fingerprint density at radius 1 is 1.06 bits per heavy atom. The highest BCUT2D eigenvalue weighted by Crippen LogP contribution is 2.26. The SMILES string of the molecule is CC=CC(=CC)CC1NC(=O)C(C)(C)NC(=O)C(CCC(CCC(=O)OCc2ccccc2)SC(=S)OCC)NC(=O)C2CCCN2C1=O. The number of benzene rings is 1. The maximum atomic E-state index is 13.9. The Bertz CT molecular complexity index is 1400. The number of nitrogens with zero attached hydrogens (tertiary/aromatic N) is 1. The molecule has 0 bridgehead atoms. The Morgan fingerprint density at radius 2 is 1.80 bits per heavy atom. The number of thiocarbonyl (C=S) groups is 1. The van der Waals surface area contributed by atoms with Gasteiger partial charge in [0.2, 0.25) is 28.0 Å². The van der Waals surface area contributed by atoms with Crippen LogP contribution in [-0.2, 0) is 40.1 Å². The van der Waals surface area contributed by atoms with E-state index in [0.29, 0.717) is 43.2 Å². The molecule has 0 saturated carbocycles. The molecule has 1 aromatic carbocycles. The molecule has 13 heteroatoms. The number of allylic oxidation sites excluding steroid dienone is 3. The molecule has 268 valence electrons. The van der Waals surface area contributed by atoms with Crippen LogP contribution < -0.4 is 16.0 Å². The second kappa shape index (κ2) is 19.5. The summed E-state index contributed by atoms with van der Waals surface area (Å²) in [6.07, 6.45) is 8.02. The first-order chi connectivity index (χ1) is 23.4. The number of rotatable bonds is 13. The number of hydrogen-bond acceptors (Lipinski definition) is 9. The Balaban J connectivity index is 1.78. The van der Waals surface area contributed by atoms with E-state index in [0.717, 1.165) is 11.1 Å². The van der Waals surface area contributed by atoms with Gasteiger partial charge < -0.3 is 30.3 Å². The molecule has 1 aromatic rings. The molecule has 11 nitrogen and oxygen atoms in total. The molecule has 4 amide bonds. The molecular formula is C36H50N4O7S2. The lowest BCUT2D eigenvalue weighted by atomic mass is 9.98. The quantitative estimate of drug-likeness (QED) is 0.153. The monoisotopic (exact) mass is 714 g/mol. The molecule has 4 unspecified atom stereocenters. The number of thioether (sulfide) groups is 1. The molecule has 4 atom stereocenters. The van der Waals surface area contributed by atoms with Crippen LogP contribution in [0.5, 0.6) is 0 Å². The zero-order valence-corrected chi connectivity index (χ0v) is 30.8. The van der Waals surface area contributed by atoms with Gasteiger partial charge in [-0.15, -0.1) is 0 Å². The van der Waals surface area contributed by atoms with Gasteiger partial charge in [-0.1, -0.05) is 65.9 Å². The Kier molecular flexibility index (Phi) is 15.8. The molecule has 49 heavy (non-hydrogen) atoms. The largest absolute Gasteiger partial charge is 0.479 e. The molecule has 2 aliphatic rings. The van der Waals surface area contributed by atoms with Crippen molar-refractivity contribution in [2.75, 3.05) is 13.2 Å². The smallest absolute Gasteiger partial charge is 0.306 e. The van der Waals surface area contributed by atoms with E-state index in [2.05, 4.69) is 16.0 Å². The third-order valence-corrected chi connectivity index (χ3v) is 10.0. The molecule has 3 N–H and O–H groups in total. The predicted molar refractivity (Wildman–Crippen MR) is 194 cm³/mol. The van der Waals surface area contributed by atoms with Crippen LogP contribution in [0.3, 0.4) is 0 Å². The number of ether oxygens (including phenoxy) is 2. The van der Waals surface area contributed by atoms with Crippen molar-refractivity contribution in [1.82, 2.24) is 20.9 Å². The van der Waals surface area contributed by atoms with Crippen LogP contribution in [0.1, 0.15) is 85.1 Å². The summed E-state index contributed by atoms with van der Waals surface area (Å²) in [7, 11) is 0. The molecular weight excluding hydrogens is 665 g/mol. The van der Waals surface area contributed by atoms with Crippen LogP contribution in [0.15, 0.2) is 54.1 Å². The first-order valence-electron chi connectivity index (χ1n) is 16.9. The highest BCUT2D eigenvalue weighted by atomic mass is 32.2. The zero-order chi connectivity index (χ0) is 36.0. The number of amides is 4. The average molecular weight is 715 g/mol. The summed E-state index contributed by atoms with van der Waals surface area (Å²) >= 11 is 6.68. The third-order valence-electron chi connectivity index (χ3n) is 8.49. The minimum atomic E-state index is -1.40. The lowest BCUT2D eigenvalue weighted by molar-refractivity contribution is -0.145. The topological polar surface area (TPSA) is 143 Å². The van der Waals surface area contributed by atoms with Crippen LogP contribution in [0.25, 0.3) is 0 Å². The van der Waals surface area contributed by atoms with Crippen LogP contribution in [0, 0.1) is 0 Å². The van der Waals surface area contributed by atoms with E-state index in [1.165, 1.54) is 16.7 Å². The van der Waals surface area contributed by atoms with Crippen molar-refractivity contribution < 1.29 is 33.4 Å². The number of hydrogen-bond donors (Lipinski definition) is 3. The van der Waals surface area contributed by atoms with E-state index in [4.69, 9.17) is 21.7 Å². The Morgan fingerprint density at radius 3 is 2.47 bits per heavy atom. The fourth-order valence-electron chi connectivity index (χ4n) is 5.75. The van der Waals surface area contributed by atoms with E-state index in [9.17, 15) is 24.0 Å². The third kappa shape index (κ3) is 12.3. The van der Waals surface area contributed by atoms with E-state index in [-0.39, 0.29) is 43.0 Å². The number of fused-ring (bicyclic) bond motifs is 1. The molecule has 3 rings (SSSR count). The molecule has 2 aliphatic heterocycles. The van der Waals surface area contributed by atoms with E-state index in [1.54, 1.807) is 13.8 Å². The average Bonchev–Trinajstić information content (AvgIpc) is 3.57. The minimum absolute atomic E-state index is 0.124. The standard InChI is InChI=1S/C36H50N4O7S2/c1-6-13-24(7-2)22-28-33(44)40-21-12-16-29(40)32(43)37-27(31(42)39-36(4,5)34(45)38-28)19-17-26(49-35(48)46-8-3)18-20-30(41)47-23-25-14-10-9-11-15-25/h6-7,9-11,13-15,26-29H,8,12,16-23H2,1-5H3,(H,37,43)(H,38,45)(H,39,42). The molecule has 0 aromatic heterocycles. The molecule has 2 fully saturated rings. The molecule has 2 heterocycles. The van der Waals surface area contributed by atoms with Crippen LogP contribution >= 0.6 is 24.0 Å². The van der Waals surface area contributed by atoms with Crippen molar-refractivity contribution in [2.45, 2.75) is 115 Å². The fraction of sp³-hybridized carbons (Fsp3) is 0.556. The normalized spacial score (nSPS) is 22.3. The van der Waals surface area contributed by atoms with Crippen LogP contribution in [0.2, 0.25) is 0 Å². The van der Waals surface area contributed by atoms with Gasteiger partial charge in [0, 0.05) is 24.6 Å². The van der Waals surface area contributed by atoms with Crippen molar-refractivity contribution in [3.05, 3.63) is 59.7 Å². The second-order valence-electron chi connectivity index (χ2n) is 12.6. The first-order valence-corrected chi connectivity index (χ1v) is 18.2. The van der Waals surface area contributed by atoms with Crippen LogP contribution in [-0.4, -0.2) is 80.9 Å². The van der Waals surface area contributed by atoms with Gasteiger partial charge in [-0.05, 0) is 84.5 Å². The fourth-order valence-corrected chi connectivity index (χ4v) is 7.23. The van der Waals surface area contributed by atoms with E-state index in [1.807, 2.05) is 69.3 Å². The lowest BCUT2D eigenvalue weighted by Crippen LogP contribution is -2.64. The summed E-state index contributed by atoms with van der Waals surface area (Å²) in [6, 6.07) is 6.70. The molecule has 0 spiro atoms. The van der Waals surface area contributed by atoms with E-state index >= 15 is 0 Å². The second-order valence-corrected chi connectivity index (χ2v) is 14.5. The van der Waals surface area contributed by atoms with Gasteiger partial charge in [0.1, 0.15) is 30.3 Å². The van der Waals surface area contributed by atoms with Gasteiger partial charge in [0.25, 0.3) is 0 Å². The predicted octanol–water partition coefficient (Wildman–Crippen LogP) is 4.49. The number of carbonyl (C=O) groups is 5. The van der Waals surface area contributed by atoms with Crippen molar-refractivity contribution >= 4 is 58.0 Å². The van der Waals surface area contributed by atoms with Crippen LogP contribution in [0.4, 0.5) is 0 Å². The van der Waals surface area contributed by atoms with Crippen molar-refractivity contribution in [3.63, 3.8) is 0 Å². The van der Waals surface area contributed by atoms with Gasteiger partial charge in [-0.3, -0.25) is 24.0 Å². The van der Waals surface area contributed by atoms with Gasteiger partial charge in [-0.2, -0.15) is 0 Å². The first kappa shape index (κ1) is 39.7. The van der Waals surface area contributed by atoms with Crippen molar-refractivity contribution in [2.24, 2.45) is 0 Å². The summed E-state index contributed by atoms with van der Waals surface area (Å²) in [5.74, 6) is -2.16. The molecule has 2 saturated heterocycles. The lowest BCUT2D eigenvalue weighted by Gasteiger charge is -2.35. The minimum Gasteiger partial charge on any atom is -0.479 e. The number of esters is 1. The van der Waals surface area contributed by atoms with Gasteiger partial charge in [-0.25, -0.2) is 0 Å². The van der Waals surface area contributed by atoms with Gasteiger partial charge in [0.05, 0.1) is 6.61 Å². The zero-order valence-electron chi connectivity index (χ0n) is 29.1. The summed E-state index contributed by atoms with van der Waals surface area (Å²) in [4.78, 5) is 69.1.